The number of ether oxygens (including phenoxy) is 1. The molecule has 0 unspecified atom stereocenters. The van der Waals surface area contributed by atoms with Crippen LogP contribution >= 0.6 is 0 Å². The number of benzene rings is 1. The first-order chi connectivity index (χ1) is 15.8. The van der Waals surface area contributed by atoms with Crippen LogP contribution < -0.4 is 0 Å². The Balaban J connectivity index is 2.03. The van der Waals surface area contributed by atoms with Crippen molar-refractivity contribution in [2.24, 2.45) is 5.92 Å². The van der Waals surface area contributed by atoms with Gasteiger partial charge in [0.2, 0.25) is 5.91 Å². The van der Waals surface area contributed by atoms with E-state index >= 15 is 0 Å². The summed E-state index contributed by atoms with van der Waals surface area (Å²) in [7, 11) is 0. The fourth-order valence-electron chi connectivity index (χ4n) is 4.01. The lowest BCUT2D eigenvalue weighted by Gasteiger charge is -2.39. The van der Waals surface area contributed by atoms with Crippen molar-refractivity contribution in [3.63, 3.8) is 0 Å². The second kappa shape index (κ2) is 13.4. The highest BCUT2D eigenvalue weighted by molar-refractivity contribution is 5.86. The number of hydrogen-bond acceptors (Lipinski definition) is 5. The smallest absolute Gasteiger partial charge is 0.408 e. The van der Waals surface area contributed by atoms with Gasteiger partial charge >= 0.3 is 18.0 Å². The zero-order chi connectivity index (χ0) is 24.2. The number of piperazine rings is 1. The standard InChI is InChI=1S/C24H34N2O7/c1-2-3-4-5-9-12-19(15-21(27)28)22(29)25-13-14-26(24(31)32)20(16-25)23(30)33-17-18-10-7-6-8-11-18/h6-8,10-11,19-20H,2-5,9,12-17H2,1H3,(H,27,28)(H,31,32)/t19-,20+/m1/s1. The Hall–Kier alpha value is -3.10. The van der Waals surface area contributed by atoms with E-state index in [1.54, 1.807) is 24.3 Å². The van der Waals surface area contributed by atoms with Crippen LogP contribution in [0.2, 0.25) is 0 Å². The van der Waals surface area contributed by atoms with Gasteiger partial charge in [-0.05, 0) is 12.0 Å². The van der Waals surface area contributed by atoms with Crippen LogP contribution in [0.5, 0.6) is 0 Å². The maximum atomic E-state index is 13.1. The molecule has 9 heteroatoms. The summed E-state index contributed by atoms with van der Waals surface area (Å²) in [5, 5.41) is 18.8. The number of esters is 1. The van der Waals surface area contributed by atoms with Crippen LogP contribution in [0, 0.1) is 5.92 Å². The molecule has 0 aromatic heterocycles. The predicted octanol–water partition coefficient (Wildman–Crippen LogP) is 3.37. The summed E-state index contributed by atoms with van der Waals surface area (Å²) in [5.41, 5.74) is 0.765. The molecule has 1 heterocycles. The summed E-state index contributed by atoms with van der Waals surface area (Å²) in [6.45, 7) is 2.03. The zero-order valence-electron chi connectivity index (χ0n) is 19.1. The topological polar surface area (TPSA) is 124 Å². The van der Waals surface area contributed by atoms with E-state index < -0.39 is 30.0 Å². The molecule has 2 amide bonds. The van der Waals surface area contributed by atoms with E-state index in [0.29, 0.717) is 6.42 Å². The number of carboxylic acids is 1. The minimum absolute atomic E-state index is 0.00300. The molecule has 33 heavy (non-hydrogen) atoms. The van der Waals surface area contributed by atoms with E-state index in [-0.39, 0.29) is 38.6 Å². The molecule has 182 valence electrons. The van der Waals surface area contributed by atoms with Gasteiger partial charge in [0.25, 0.3) is 0 Å². The fourth-order valence-corrected chi connectivity index (χ4v) is 4.01. The van der Waals surface area contributed by atoms with Crippen molar-refractivity contribution in [3.8, 4) is 0 Å². The number of nitrogens with zero attached hydrogens (tertiary/aromatic N) is 2. The van der Waals surface area contributed by atoms with Crippen molar-refractivity contribution in [1.29, 1.82) is 0 Å². The van der Waals surface area contributed by atoms with E-state index in [4.69, 9.17) is 4.74 Å². The molecule has 0 radical (unpaired) electrons. The Labute approximate surface area is 194 Å². The molecule has 1 aliphatic heterocycles. The molecular formula is C24H34N2O7. The van der Waals surface area contributed by atoms with Gasteiger partial charge in [-0.1, -0.05) is 69.4 Å². The summed E-state index contributed by atoms with van der Waals surface area (Å²) in [4.78, 5) is 51.2. The van der Waals surface area contributed by atoms with Gasteiger partial charge in [-0.3, -0.25) is 14.5 Å². The lowest BCUT2D eigenvalue weighted by atomic mass is 9.95. The SMILES string of the molecule is CCCCCCC[C@H](CC(=O)O)C(=O)N1CCN(C(=O)O)[C@H](C(=O)OCc2ccccc2)C1. The number of carbonyl (C=O) groups excluding carboxylic acids is 2. The molecule has 9 nitrogen and oxygen atoms in total. The molecule has 0 spiro atoms. The summed E-state index contributed by atoms with van der Waals surface area (Å²) >= 11 is 0. The lowest BCUT2D eigenvalue weighted by molar-refractivity contribution is -0.156. The highest BCUT2D eigenvalue weighted by Crippen LogP contribution is 2.21. The fraction of sp³-hybridized carbons (Fsp3) is 0.583. The maximum Gasteiger partial charge on any atom is 0.408 e. The van der Waals surface area contributed by atoms with Crippen LogP contribution in [0.3, 0.4) is 0 Å². The Kier molecular flexibility index (Phi) is 10.7. The first-order valence-corrected chi connectivity index (χ1v) is 11.5. The van der Waals surface area contributed by atoms with Crippen LogP contribution in [0.15, 0.2) is 30.3 Å². The predicted molar refractivity (Wildman–Crippen MR) is 120 cm³/mol. The Morgan fingerprint density at radius 2 is 1.73 bits per heavy atom. The molecular weight excluding hydrogens is 428 g/mol. The van der Waals surface area contributed by atoms with Crippen molar-refractivity contribution in [2.75, 3.05) is 19.6 Å². The van der Waals surface area contributed by atoms with E-state index in [1.165, 1.54) is 4.90 Å². The number of aliphatic carboxylic acids is 1. The Morgan fingerprint density at radius 3 is 2.36 bits per heavy atom. The minimum Gasteiger partial charge on any atom is -0.481 e. The molecule has 0 bridgehead atoms. The molecule has 1 aromatic carbocycles. The quantitative estimate of drug-likeness (QED) is 0.360. The van der Waals surface area contributed by atoms with Crippen molar-refractivity contribution < 1.29 is 34.1 Å². The van der Waals surface area contributed by atoms with Gasteiger partial charge in [0.15, 0.2) is 6.04 Å². The van der Waals surface area contributed by atoms with Gasteiger partial charge in [-0.15, -0.1) is 0 Å². The van der Waals surface area contributed by atoms with Crippen LogP contribution in [0.1, 0.15) is 57.4 Å². The van der Waals surface area contributed by atoms with E-state index in [9.17, 15) is 29.4 Å². The van der Waals surface area contributed by atoms with E-state index in [2.05, 4.69) is 6.92 Å². The number of unbranched alkanes of at least 4 members (excludes halogenated alkanes) is 4. The summed E-state index contributed by atoms with van der Waals surface area (Å²) in [6, 6.07) is 7.86. The second-order valence-electron chi connectivity index (χ2n) is 8.37. The zero-order valence-corrected chi connectivity index (χ0v) is 19.1. The van der Waals surface area contributed by atoms with Crippen molar-refractivity contribution in [2.45, 2.75) is 64.5 Å². The number of carbonyl (C=O) groups is 4. The molecule has 0 aliphatic carbocycles. The minimum atomic E-state index is -1.26. The van der Waals surface area contributed by atoms with Crippen LogP contribution in [-0.2, 0) is 25.7 Å². The number of rotatable bonds is 12. The number of amides is 2. The van der Waals surface area contributed by atoms with Crippen molar-refractivity contribution in [3.05, 3.63) is 35.9 Å². The molecule has 1 saturated heterocycles. The summed E-state index contributed by atoms with van der Waals surface area (Å²) in [6.07, 6.45) is 3.82. The molecule has 0 saturated carbocycles. The number of carboxylic acid groups (broad SMARTS) is 2. The Morgan fingerprint density at radius 1 is 1.03 bits per heavy atom. The maximum absolute atomic E-state index is 13.1. The van der Waals surface area contributed by atoms with Crippen LogP contribution in [0.25, 0.3) is 0 Å². The average Bonchev–Trinajstić information content (AvgIpc) is 2.81. The normalized spacial score (nSPS) is 16.8. The molecule has 1 aliphatic rings. The third-order valence-corrected chi connectivity index (χ3v) is 5.86. The number of hydrogen-bond donors (Lipinski definition) is 2. The third-order valence-electron chi connectivity index (χ3n) is 5.86. The first-order valence-electron chi connectivity index (χ1n) is 11.5. The van der Waals surface area contributed by atoms with E-state index in [0.717, 1.165) is 42.6 Å². The van der Waals surface area contributed by atoms with E-state index in [1.807, 2.05) is 6.07 Å². The van der Waals surface area contributed by atoms with Gasteiger partial charge in [0, 0.05) is 19.0 Å². The molecule has 1 aromatic rings. The highest BCUT2D eigenvalue weighted by Gasteiger charge is 2.39. The summed E-state index contributed by atoms with van der Waals surface area (Å²) in [5.74, 6) is -2.82. The van der Waals surface area contributed by atoms with Gasteiger partial charge in [-0.25, -0.2) is 9.59 Å². The van der Waals surface area contributed by atoms with Gasteiger partial charge in [0.1, 0.15) is 6.61 Å². The van der Waals surface area contributed by atoms with Gasteiger partial charge in [0.05, 0.1) is 13.0 Å². The largest absolute Gasteiger partial charge is 0.481 e. The second-order valence-corrected chi connectivity index (χ2v) is 8.37. The van der Waals surface area contributed by atoms with Gasteiger partial charge in [-0.2, -0.15) is 0 Å². The highest BCUT2D eigenvalue weighted by atomic mass is 16.5. The van der Waals surface area contributed by atoms with Crippen LogP contribution in [0.4, 0.5) is 4.79 Å². The third kappa shape index (κ3) is 8.40. The average molecular weight is 463 g/mol. The van der Waals surface area contributed by atoms with Crippen molar-refractivity contribution >= 4 is 23.9 Å². The first kappa shape index (κ1) is 26.2. The Bertz CT molecular complexity index is 799. The molecule has 2 N–H and O–H groups in total. The lowest BCUT2D eigenvalue weighted by Crippen LogP contribution is -2.60. The monoisotopic (exact) mass is 462 g/mol. The molecule has 2 atom stereocenters. The van der Waals surface area contributed by atoms with Gasteiger partial charge < -0.3 is 19.8 Å². The summed E-state index contributed by atoms with van der Waals surface area (Å²) < 4.78 is 5.33. The van der Waals surface area contributed by atoms with Crippen LogP contribution in [-0.4, -0.2) is 69.6 Å². The molecule has 2 rings (SSSR count). The molecule has 1 fully saturated rings. The van der Waals surface area contributed by atoms with Crippen molar-refractivity contribution in [1.82, 2.24) is 9.80 Å².